The van der Waals surface area contributed by atoms with Crippen LogP contribution < -0.4 is 16.0 Å². The van der Waals surface area contributed by atoms with Crippen LogP contribution in [0.4, 0.5) is 11.6 Å². The fraction of sp³-hybridized carbons (Fsp3) is 0.320. The lowest BCUT2D eigenvalue weighted by Gasteiger charge is -2.21. The Labute approximate surface area is 197 Å². The van der Waals surface area contributed by atoms with Crippen molar-refractivity contribution in [3.63, 3.8) is 0 Å². The molecule has 3 N–H and O–H groups in total. The molecule has 174 valence electrons. The van der Waals surface area contributed by atoms with Gasteiger partial charge in [-0.05, 0) is 55.3 Å². The zero-order chi connectivity index (χ0) is 24.2. The normalized spacial score (nSPS) is 13.5. The number of hydrogen-bond acceptors (Lipinski definition) is 5. The fourth-order valence-electron chi connectivity index (χ4n) is 4.31. The van der Waals surface area contributed by atoms with Crippen molar-refractivity contribution < 1.29 is 14.4 Å². The van der Waals surface area contributed by atoms with Crippen molar-refractivity contribution in [1.82, 2.24) is 9.55 Å². The van der Waals surface area contributed by atoms with Crippen molar-refractivity contribution in [1.29, 1.82) is 5.26 Å². The standard InChI is InChI=1S/C25H26N6O3/c1-30(24(34)18-4-2-3-5-18)19-10-11-21-20(14-19)28-25(31(21)13-12-22(27)32)29-23(33)17-8-6-16(15-26)7-9-17/h6-11,14,18H,2-5,12-13H2,1H3,(H2,27,32)(H,28,29,33). The van der Waals surface area contributed by atoms with Crippen LogP contribution in [0.3, 0.4) is 0 Å². The molecule has 34 heavy (non-hydrogen) atoms. The number of benzene rings is 2. The highest BCUT2D eigenvalue weighted by atomic mass is 16.2. The minimum atomic E-state index is -0.468. The van der Waals surface area contributed by atoms with Crippen molar-refractivity contribution >= 4 is 40.4 Å². The van der Waals surface area contributed by atoms with Gasteiger partial charge >= 0.3 is 0 Å². The smallest absolute Gasteiger partial charge is 0.257 e. The highest BCUT2D eigenvalue weighted by molar-refractivity contribution is 6.04. The van der Waals surface area contributed by atoms with Crippen molar-refractivity contribution in [2.24, 2.45) is 11.7 Å². The summed E-state index contributed by atoms with van der Waals surface area (Å²) in [4.78, 5) is 43.3. The van der Waals surface area contributed by atoms with Crippen molar-refractivity contribution in [3.05, 3.63) is 53.6 Å². The molecule has 1 aliphatic carbocycles. The van der Waals surface area contributed by atoms with Gasteiger partial charge in [0.25, 0.3) is 5.91 Å². The summed E-state index contributed by atoms with van der Waals surface area (Å²) in [6.45, 7) is 0.241. The van der Waals surface area contributed by atoms with Crippen LogP contribution in [0.5, 0.6) is 0 Å². The van der Waals surface area contributed by atoms with Crippen LogP contribution in [0.2, 0.25) is 0 Å². The number of aromatic nitrogens is 2. The van der Waals surface area contributed by atoms with Crippen LogP contribution >= 0.6 is 0 Å². The van der Waals surface area contributed by atoms with Gasteiger partial charge in [-0.15, -0.1) is 0 Å². The molecule has 0 bridgehead atoms. The first-order valence-corrected chi connectivity index (χ1v) is 11.2. The molecule has 0 spiro atoms. The molecule has 3 aromatic rings. The van der Waals surface area contributed by atoms with E-state index in [1.165, 1.54) is 0 Å². The van der Waals surface area contributed by atoms with Crippen molar-refractivity contribution in [2.75, 3.05) is 17.3 Å². The van der Waals surface area contributed by atoms with Crippen LogP contribution in [0.1, 0.15) is 48.0 Å². The average Bonchev–Trinajstić information content (AvgIpc) is 3.49. The maximum atomic E-state index is 12.9. The Balaban J connectivity index is 1.64. The Hall–Kier alpha value is -4.19. The van der Waals surface area contributed by atoms with Crippen LogP contribution in [0, 0.1) is 17.2 Å². The highest BCUT2D eigenvalue weighted by Gasteiger charge is 2.26. The molecule has 0 aliphatic heterocycles. The molecule has 1 heterocycles. The Morgan fingerprint density at radius 2 is 1.88 bits per heavy atom. The monoisotopic (exact) mass is 458 g/mol. The molecule has 0 unspecified atom stereocenters. The summed E-state index contributed by atoms with van der Waals surface area (Å²) in [7, 11) is 1.76. The van der Waals surface area contributed by atoms with E-state index in [-0.39, 0.29) is 30.7 Å². The molecule has 1 aliphatic rings. The number of carbonyl (C=O) groups excluding carboxylic acids is 3. The molecule has 1 saturated carbocycles. The van der Waals surface area contributed by atoms with Gasteiger partial charge in [-0.25, -0.2) is 4.98 Å². The lowest BCUT2D eigenvalue weighted by molar-refractivity contribution is -0.122. The van der Waals surface area contributed by atoms with E-state index in [2.05, 4.69) is 10.3 Å². The summed E-state index contributed by atoms with van der Waals surface area (Å²) in [6.07, 6.45) is 4.07. The molecule has 0 atom stereocenters. The van der Waals surface area contributed by atoms with Crippen molar-refractivity contribution in [2.45, 2.75) is 38.6 Å². The second kappa shape index (κ2) is 9.75. The molecular weight excluding hydrogens is 432 g/mol. The molecule has 1 fully saturated rings. The quantitative estimate of drug-likeness (QED) is 0.561. The topological polar surface area (TPSA) is 134 Å². The van der Waals surface area contributed by atoms with Gasteiger partial charge in [0, 0.05) is 37.2 Å². The zero-order valence-electron chi connectivity index (χ0n) is 19.0. The number of nitrogens with two attached hydrogens (primary N) is 1. The first kappa shape index (κ1) is 23.0. The number of nitrogens with one attached hydrogen (secondary N) is 1. The third kappa shape index (κ3) is 4.76. The molecule has 1 aromatic heterocycles. The average molecular weight is 459 g/mol. The maximum Gasteiger partial charge on any atom is 0.257 e. The second-order valence-corrected chi connectivity index (χ2v) is 8.50. The Bertz CT molecular complexity index is 1280. The number of rotatable bonds is 7. The lowest BCUT2D eigenvalue weighted by Crippen LogP contribution is -2.31. The van der Waals surface area contributed by atoms with E-state index in [9.17, 15) is 14.4 Å². The largest absolute Gasteiger partial charge is 0.370 e. The van der Waals surface area contributed by atoms with E-state index in [0.717, 1.165) is 25.7 Å². The summed E-state index contributed by atoms with van der Waals surface area (Å²) in [6, 6.07) is 13.7. The van der Waals surface area contributed by atoms with Gasteiger partial charge in [-0.3, -0.25) is 19.7 Å². The van der Waals surface area contributed by atoms with Crippen LogP contribution in [0.15, 0.2) is 42.5 Å². The van der Waals surface area contributed by atoms with Gasteiger partial charge in [-0.1, -0.05) is 12.8 Å². The van der Waals surface area contributed by atoms with E-state index < -0.39 is 11.8 Å². The molecule has 4 rings (SSSR count). The molecule has 9 nitrogen and oxygen atoms in total. The van der Waals surface area contributed by atoms with Gasteiger partial charge < -0.3 is 15.2 Å². The molecule has 0 saturated heterocycles. The predicted molar refractivity (Wildman–Crippen MR) is 128 cm³/mol. The maximum absolute atomic E-state index is 12.9. The third-order valence-electron chi connectivity index (χ3n) is 6.24. The van der Waals surface area contributed by atoms with Gasteiger partial charge in [0.1, 0.15) is 0 Å². The summed E-state index contributed by atoms with van der Waals surface area (Å²) in [5, 5.41) is 11.7. The summed E-state index contributed by atoms with van der Waals surface area (Å²) in [5.41, 5.74) is 8.19. The van der Waals surface area contributed by atoms with Gasteiger partial charge in [0.15, 0.2) is 0 Å². The van der Waals surface area contributed by atoms with Crippen LogP contribution in [0.25, 0.3) is 11.0 Å². The number of fused-ring (bicyclic) bond motifs is 1. The van der Waals surface area contributed by atoms with E-state index in [1.807, 2.05) is 18.2 Å². The van der Waals surface area contributed by atoms with E-state index in [0.29, 0.717) is 27.8 Å². The predicted octanol–water partition coefficient (Wildman–Crippen LogP) is 3.19. The first-order valence-electron chi connectivity index (χ1n) is 11.2. The first-order chi connectivity index (χ1) is 16.4. The minimum Gasteiger partial charge on any atom is -0.370 e. The summed E-state index contributed by atoms with van der Waals surface area (Å²) in [5.74, 6) is -0.443. The zero-order valence-corrected chi connectivity index (χ0v) is 19.0. The SMILES string of the molecule is CN(C(=O)C1CCCC1)c1ccc2c(c1)nc(NC(=O)c1ccc(C#N)cc1)n2CCC(N)=O. The van der Waals surface area contributed by atoms with Gasteiger partial charge in [0.05, 0.1) is 22.7 Å². The number of imidazole rings is 1. The third-order valence-corrected chi connectivity index (χ3v) is 6.24. The highest BCUT2D eigenvalue weighted by Crippen LogP contribution is 2.30. The fourth-order valence-corrected chi connectivity index (χ4v) is 4.31. The molecule has 3 amide bonds. The van der Waals surface area contributed by atoms with Crippen LogP contribution in [-0.2, 0) is 16.1 Å². The molecule has 9 heteroatoms. The molecule has 0 radical (unpaired) electrons. The van der Waals surface area contributed by atoms with Crippen molar-refractivity contribution in [3.8, 4) is 6.07 Å². The summed E-state index contributed by atoms with van der Waals surface area (Å²) >= 11 is 0. The number of carbonyl (C=O) groups is 3. The lowest BCUT2D eigenvalue weighted by atomic mass is 10.1. The van der Waals surface area contributed by atoms with Crippen LogP contribution in [-0.4, -0.2) is 34.3 Å². The van der Waals surface area contributed by atoms with E-state index in [1.54, 1.807) is 46.8 Å². The molecule has 2 aromatic carbocycles. The van der Waals surface area contributed by atoms with E-state index >= 15 is 0 Å². The number of primary amides is 1. The minimum absolute atomic E-state index is 0.0519. The number of anilines is 2. The number of hydrogen-bond donors (Lipinski definition) is 2. The van der Waals surface area contributed by atoms with Gasteiger partial charge in [0.2, 0.25) is 17.8 Å². The number of nitriles is 1. The number of nitrogens with zero attached hydrogens (tertiary/aromatic N) is 4. The Morgan fingerprint density at radius 1 is 1.18 bits per heavy atom. The summed E-state index contributed by atoms with van der Waals surface area (Å²) < 4.78 is 1.73. The Morgan fingerprint density at radius 3 is 2.53 bits per heavy atom. The van der Waals surface area contributed by atoms with E-state index in [4.69, 9.17) is 11.0 Å². The Kier molecular flexibility index (Phi) is 6.59. The molecular formula is C25H26N6O3. The number of amides is 3. The van der Waals surface area contributed by atoms with Gasteiger partial charge in [-0.2, -0.15) is 5.26 Å². The number of aryl methyl sites for hydroxylation is 1. The second-order valence-electron chi connectivity index (χ2n) is 8.50.